The predicted octanol–water partition coefficient (Wildman–Crippen LogP) is 4.36. The first-order valence-corrected chi connectivity index (χ1v) is 14.6. The van der Waals surface area contributed by atoms with Crippen LogP contribution in [0.3, 0.4) is 0 Å². The highest BCUT2D eigenvalue weighted by atomic mass is 32.2. The monoisotopic (exact) mass is 539 g/mol. The maximum atomic E-state index is 15.6. The molecular formula is C29H34FN3O4S. The van der Waals surface area contributed by atoms with Crippen molar-refractivity contribution < 1.29 is 17.5 Å². The SMILES string of the molecule is C[C@H]1CC[C@H](c2ccccc2)S(=O)(=O)N1Cc1ccc(C2(NCc3ccc(=O)[nH]c3)CCOCC2)cc1F. The lowest BCUT2D eigenvalue weighted by Gasteiger charge is -2.39. The zero-order chi connectivity index (χ0) is 26.8. The molecule has 0 saturated carbocycles. The van der Waals surface area contributed by atoms with Crippen LogP contribution in [-0.2, 0) is 33.4 Å². The average molecular weight is 540 g/mol. The molecule has 2 aromatic carbocycles. The van der Waals surface area contributed by atoms with Crippen LogP contribution in [0.15, 0.2) is 71.7 Å². The number of H-pyrrole nitrogens is 1. The molecule has 2 N–H and O–H groups in total. The molecular weight excluding hydrogens is 505 g/mol. The Morgan fingerprint density at radius 2 is 1.84 bits per heavy atom. The van der Waals surface area contributed by atoms with Crippen molar-refractivity contribution >= 4 is 10.0 Å². The van der Waals surface area contributed by atoms with Crippen molar-refractivity contribution in [3.63, 3.8) is 0 Å². The predicted molar refractivity (Wildman–Crippen MR) is 144 cm³/mol. The second-order valence-corrected chi connectivity index (χ2v) is 12.4. The van der Waals surface area contributed by atoms with E-state index in [9.17, 15) is 13.2 Å². The third-order valence-electron chi connectivity index (χ3n) is 7.95. The molecule has 3 aromatic rings. The highest BCUT2D eigenvalue weighted by molar-refractivity contribution is 7.89. The number of benzene rings is 2. The van der Waals surface area contributed by atoms with Crippen molar-refractivity contribution in [2.24, 2.45) is 0 Å². The molecule has 0 unspecified atom stereocenters. The topological polar surface area (TPSA) is 91.5 Å². The van der Waals surface area contributed by atoms with E-state index in [0.717, 1.165) is 23.1 Å². The van der Waals surface area contributed by atoms with Crippen LogP contribution in [-0.4, -0.2) is 37.0 Å². The molecule has 1 aromatic heterocycles. The van der Waals surface area contributed by atoms with E-state index in [0.29, 0.717) is 44.6 Å². The van der Waals surface area contributed by atoms with Crippen molar-refractivity contribution in [3.05, 3.63) is 105 Å². The lowest BCUT2D eigenvalue weighted by molar-refractivity contribution is 0.0356. The molecule has 5 rings (SSSR count). The fourth-order valence-electron chi connectivity index (χ4n) is 5.60. The molecule has 38 heavy (non-hydrogen) atoms. The van der Waals surface area contributed by atoms with Gasteiger partial charge in [0.05, 0.1) is 0 Å². The van der Waals surface area contributed by atoms with E-state index in [-0.39, 0.29) is 18.1 Å². The summed E-state index contributed by atoms with van der Waals surface area (Å²) in [5.74, 6) is -0.413. The van der Waals surface area contributed by atoms with Gasteiger partial charge in [-0.2, -0.15) is 4.31 Å². The Morgan fingerprint density at radius 3 is 2.53 bits per heavy atom. The van der Waals surface area contributed by atoms with Gasteiger partial charge in [-0.25, -0.2) is 12.8 Å². The fourth-order valence-corrected chi connectivity index (χ4v) is 7.79. The van der Waals surface area contributed by atoms with Crippen LogP contribution in [0.2, 0.25) is 0 Å². The summed E-state index contributed by atoms with van der Waals surface area (Å²) in [5.41, 5.74) is 2.22. The Balaban J connectivity index is 1.38. The van der Waals surface area contributed by atoms with Gasteiger partial charge in [0, 0.05) is 55.7 Å². The molecule has 0 bridgehead atoms. The third-order valence-corrected chi connectivity index (χ3v) is 10.3. The van der Waals surface area contributed by atoms with Crippen LogP contribution in [0.25, 0.3) is 0 Å². The van der Waals surface area contributed by atoms with Crippen molar-refractivity contribution in [2.45, 2.75) is 62.5 Å². The van der Waals surface area contributed by atoms with E-state index >= 15 is 4.39 Å². The van der Waals surface area contributed by atoms with Gasteiger partial charge < -0.3 is 15.0 Å². The van der Waals surface area contributed by atoms with Gasteiger partial charge in [-0.05, 0) is 55.4 Å². The van der Waals surface area contributed by atoms with E-state index in [2.05, 4.69) is 10.3 Å². The number of nitrogens with zero attached hydrogens (tertiary/aromatic N) is 1. The Morgan fingerprint density at radius 1 is 1.08 bits per heavy atom. The summed E-state index contributed by atoms with van der Waals surface area (Å²) in [7, 11) is -3.65. The highest BCUT2D eigenvalue weighted by Crippen LogP contribution is 2.39. The zero-order valence-electron chi connectivity index (χ0n) is 21.5. The third kappa shape index (κ3) is 5.47. The van der Waals surface area contributed by atoms with E-state index < -0.39 is 26.6 Å². The number of aromatic nitrogens is 1. The van der Waals surface area contributed by atoms with Crippen molar-refractivity contribution in [3.8, 4) is 0 Å². The quantitative estimate of drug-likeness (QED) is 0.466. The normalized spacial score (nSPS) is 23.2. The molecule has 2 atom stereocenters. The van der Waals surface area contributed by atoms with Crippen LogP contribution in [0.5, 0.6) is 0 Å². The number of hydrogen-bond acceptors (Lipinski definition) is 5. The summed E-state index contributed by atoms with van der Waals surface area (Å²) in [6.45, 7) is 3.49. The fraction of sp³-hybridized carbons (Fsp3) is 0.414. The zero-order valence-corrected chi connectivity index (χ0v) is 22.3. The minimum atomic E-state index is -3.65. The maximum absolute atomic E-state index is 15.6. The first-order chi connectivity index (χ1) is 18.3. The number of nitrogens with one attached hydrogen (secondary N) is 2. The van der Waals surface area contributed by atoms with Gasteiger partial charge in [0.1, 0.15) is 11.1 Å². The Labute approximate surface area is 223 Å². The molecule has 0 aliphatic carbocycles. The Bertz CT molecular complexity index is 1400. The number of halogens is 1. The van der Waals surface area contributed by atoms with E-state index in [4.69, 9.17) is 4.74 Å². The van der Waals surface area contributed by atoms with E-state index in [1.54, 1.807) is 18.3 Å². The molecule has 202 valence electrons. The lowest BCUT2D eigenvalue weighted by Crippen LogP contribution is -2.46. The molecule has 0 spiro atoms. The molecule has 3 heterocycles. The summed E-state index contributed by atoms with van der Waals surface area (Å²) in [4.78, 5) is 14.1. The van der Waals surface area contributed by atoms with Gasteiger partial charge in [-0.3, -0.25) is 4.79 Å². The maximum Gasteiger partial charge on any atom is 0.247 e. The van der Waals surface area contributed by atoms with Crippen molar-refractivity contribution in [1.82, 2.24) is 14.6 Å². The number of hydrogen-bond donors (Lipinski definition) is 2. The molecule has 2 saturated heterocycles. The molecule has 7 nitrogen and oxygen atoms in total. The van der Waals surface area contributed by atoms with Gasteiger partial charge in [0.25, 0.3) is 0 Å². The lowest BCUT2D eigenvalue weighted by atomic mass is 9.82. The summed E-state index contributed by atoms with van der Waals surface area (Å²) in [5, 5.41) is 2.96. The van der Waals surface area contributed by atoms with Crippen LogP contribution >= 0.6 is 0 Å². The van der Waals surface area contributed by atoms with Gasteiger partial charge in [-0.15, -0.1) is 0 Å². The van der Waals surface area contributed by atoms with E-state index in [1.165, 1.54) is 16.4 Å². The van der Waals surface area contributed by atoms with Crippen molar-refractivity contribution in [2.75, 3.05) is 13.2 Å². The second-order valence-electron chi connectivity index (χ2n) is 10.3. The number of aromatic amines is 1. The Hall–Kier alpha value is -2.85. The highest BCUT2D eigenvalue weighted by Gasteiger charge is 2.41. The van der Waals surface area contributed by atoms with Crippen LogP contribution in [0.1, 0.15) is 60.1 Å². The number of pyridine rings is 1. The summed E-state index contributed by atoms with van der Waals surface area (Å²) >= 11 is 0. The van der Waals surface area contributed by atoms with Crippen LogP contribution in [0.4, 0.5) is 4.39 Å². The first kappa shape index (κ1) is 26.7. The van der Waals surface area contributed by atoms with Gasteiger partial charge >= 0.3 is 0 Å². The van der Waals surface area contributed by atoms with Crippen LogP contribution in [0, 0.1) is 5.82 Å². The average Bonchev–Trinajstić information content (AvgIpc) is 2.92. The summed E-state index contributed by atoms with van der Waals surface area (Å²) in [6, 6.07) is 17.5. The molecule has 0 radical (unpaired) electrons. The smallest absolute Gasteiger partial charge is 0.247 e. The minimum Gasteiger partial charge on any atom is -0.381 e. The molecule has 2 fully saturated rings. The minimum absolute atomic E-state index is 0.000134. The van der Waals surface area contributed by atoms with Gasteiger partial charge in [-0.1, -0.05) is 48.5 Å². The van der Waals surface area contributed by atoms with Crippen molar-refractivity contribution in [1.29, 1.82) is 0 Å². The molecule has 0 amide bonds. The van der Waals surface area contributed by atoms with Crippen LogP contribution < -0.4 is 10.9 Å². The van der Waals surface area contributed by atoms with Gasteiger partial charge in [0.2, 0.25) is 15.6 Å². The molecule has 9 heteroatoms. The molecule has 2 aliphatic rings. The standard InChI is InChI=1S/C29H34FN3O4S/c1-21-7-11-27(23-5-3-2-4-6-23)38(35,36)33(21)20-24-9-10-25(17-26(24)30)29(13-15-37-16-14-29)32-19-22-8-12-28(34)31-18-22/h2-6,8-10,12,17-18,21,27,32H,7,11,13-16,19-20H2,1H3,(H,31,34)/t21-,27+/m0/s1. The van der Waals surface area contributed by atoms with E-state index in [1.807, 2.05) is 43.3 Å². The number of rotatable bonds is 7. The largest absolute Gasteiger partial charge is 0.381 e. The summed E-state index contributed by atoms with van der Waals surface area (Å²) in [6.07, 6.45) is 4.29. The molecule has 2 aliphatic heterocycles. The number of ether oxygens (including phenoxy) is 1. The number of sulfonamides is 1. The summed E-state index contributed by atoms with van der Waals surface area (Å²) < 4.78 is 49.9. The second kappa shape index (κ2) is 11.1. The van der Waals surface area contributed by atoms with Gasteiger partial charge in [0.15, 0.2) is 0 Å². The first-order valence-electron chi connectivity index (χ1n) is 13.1. The Kier molecular flexibility index (Phi) is 7.81.